The van der Waals surface area contributed by atoms with Gasteiger partial charge in [-0.15, -0.1) is 0 Å². The molecule has 140 valence electrons. The van der Waals surface area contributed by atoms with E-state index >= 15 is 0 Å². The SMILES string of the molecule is COC(=O)C(O[Si](C)(C)C)c1ccccc1OS(=O)(=O)c1ccccc1. The van der Waals surface area contributed by atoms with Gasteiger partial charge in [-0.25, -0.2) is 4.79 Å². The molecule has 0 aliphatic carbocycles. The molecule has 2 aromatic rings. The molecule has 0 spiro atoms. The number of hydrogen-bond acceptors (Lipinski definition) is 6. The maximum atomic E-state index is 12.5. The van der Waals surface area contributed by atoms with Crippen LogP contribution in [0.2, 0.25) is 19.6 Å². The van der Waals surface area contributed by atoms with Crippen molar-refractivity contribution in [1.82, 2.24) is 0 Å². The van der Waals surface area contributed by atoms with Gasteiger partial charge in [-0.2, -0.15) is 8.42 Å². The predicted octanol–water partition coefficient (Wildman–Crippen LogP) is 3.52. The summed E-state index contributed by atoms with van der Waals surface area (Å²) in [5.74, 6) is -0.578. The number of hydrogen-bond donors (Lipinski definition) is 0. The molecule has 0 fully saturated rings. The molecule has 26 heavy (non-hydrogen) atoms. The Labute approximate surface area is 155 Å². The highest BCUT2D eigenvalue weighted by Crippen LogP contribution is 2.32. The molecule has 0 radical (unpaired) electrons. The number of benzene rings is 2. The lowest BCUT2D eigenvalue weighted by Crippen LogP contribution is -2.32. The first kappa shape index (κ1) is 20.2. The zero-order valence-electron chi connectivity index (χ0n) is 15.1. The number of carbonyl (C=O) groups excluding carboxylic acids is 1. The fourth-order valence-electron chi connectivity index (χ4n) is 2.23. The minimum Gasteiger partial charge on any atom is -0.467 e. The molecule has 1 atom stereocenters. The zero-order valence-corrected chi connectivity index (χ0v) is 16.9. The van der Waals surface area contributed by atoms with E-state index in [0.717, 1.165) is 0 Å². The summed E-state index contributed by atoms with van der Waals surface area (Å²) in [7, 11) is -4.92. The van der Waals surface area contributed by atoms with Gasteiger partial charge < -0.3 is 13.3 Å². The number of rotatable bonds is 7. The van der Waals surface area contributed by atoms with Crippen LogP contribution in [0, 0.1) is 0 Å². The van der Waals surface area contributed by atoms with Gasteiger partial charge in [0.05, 0.1) is 7.11 Å². The highest BCUT2D eigenvalue weighted by Gasteiger charge is 2.32. The van der Waals surface area contributed by atoms with E-state index in [4.69, 9.17) is 13.3 Å². The summed E-state index contributed by atoms with van der Waals surface area (Å²) in [4.78, 5) is 12.3. The van der Waals surface area contributed by atoms with Gasteiger partial charge in [0.15, 0.2) is 14.4 Å². The Morgan fingerprint density at radius 2 is 1.54 bits per heavy atom. The molecular formula is C18H22O6SSi. The molecule has 8 heteroatoms. The number of ether oxygens (including phenoxy) is 1. The Morgan fingerprint density at radius 3 is 2.12 bits per heavy atom. The average Bonchev–Trinajstić information content (AvgIpc) is 2.59. The number of carbonyl (C=O) groups is 1. The van der Waals surface area contributed by atoms with Crippen molar-refractivity contribution in [3.05, 3.63) is 60.2 Å². The molecule has 0 aliphatic rings. The van der Waals surface area contributed by atoms with E-state index in [1.807, 2.05) is 19.6 Å². The van der Waals surface area contributed by atoms with Crippen LogP contribution in [0.1, 0.15) is 11.7 Å². The van der Waals surface area contributed by atoms with Gasteiger partial charge in [-0.05, 0) is 37.8 Å². The normalized spacial score (nSPS) is 13.1. The van der Waals surface area contributed by atoms with Crippen molar-refractivity contribution in [2.24, 2.45) is 0 Å². The summed E-state index contributed by atoms with van der Waals surface area (Å²) in [6.45, 7) is 5.77. The van der Waals surface area contributed by atoms with Crippen LogP contribution >= 0.6 is 0 Å². The Hall–Kier alpha value is -2.16. The summed E-state index contributed by atoms with van der Waals surface area (Å²) < 4.78 is 41.1. The monoisotopic (exact) mass is 394 g/mol. The van der Waals surface area contributed by atoms with E-state index in [2.05, 4.69) is 0 Å². The second-order valence-corrected chi connectivity index (χ2v) is 12.5. The average molecular weight is 395 g/mol. The van der Waals surface area contributed by atoms with Crippen molar-refractivity contribution in [2.45, 2.75) is 30.6 Å². The fraction of sp³-hybridized carbons (Fsp3) is 0.278. The van der Waals surface area contributed by atoms with Crippen LogP contribution in [-0.2, 0) is 24.1 Å². The van der Waals surface area contributed by atoms with Gasteiger partial charge in [0.1, 0.15) is 10.6 Å². The first-order valence-electron chi connectivity index (χ1n) is 7.98. The fourth-order valence-corrected chi connectivity index (χ4v) is 4.13. The van der Waals surface area contributed by atoms with Gasteiger partial charge >= 0.3 is 16.1 Å². The molecule has 0 aliphatic heterocycles. The third-order valence-corrected chi connectivity index (χ3v) is 5.51. The molecule has 0 heterocycles. The van der Waals surface area contributed by atoms with E-state index in [-0.39, 0.29) is 10.6 Å². The number of esters is 1. The van der Waals surface area contributed by atoms with Crippen LogP contribution in [-0.4, -0.2) is 29.8 Å². The molecule has 0 amide bonds. The molecule has 2 aromatic carbocycles. The molecule has 0 saturated heterocycles. The predicted molar refractivity (Wildman–Crippen MR) is 99.9 cm³/mol. The highest BCUT2D eigenvalue weighted by molar-refractivity contribution is 7.87. The van der Waals surface area contributed by atoms with Crippen LogP contribution in [0.3, 0.4) is 0 Å². The molecule has 6 nitrogen and oxygen atoms in total. The smallest absolute Gasteiger partial charge is 0.339 e. The maximum absolute atomic E-state index is 12.5. The van der Waals surface area contributed by atoms with Crippen LogP contribution in [0.15, 0.2) is 59.5 Å². The Kier molecular flexibility index (Phi) is 6.22. The van der Waals surface area contributed by atoms with E-state index in [9.17, 15) is 13.2 Å². The molecule has 0 aromatic heterocycles. The third kappa shape index (κ3) is 5.17. The lowest BCUT2D eigenvalue weighted by atomic mass is 10.1. The second-order valence-electron chi connectivity index (χ2n) is 6.52. The van der Waals surface area contributed by atoms with E-state index < -0.39 is 30.5 Å². The summed E-state index contributed by atoms with van der Waals surface area (Å²) in [5, 5.41) is 0. The Bertz CT molecular complexity index is 859. The lowest BCUT2D eigenvalue weighted by Gasteiger charge is -2.26. The summed E-state index contributed by atoms with van der Waals surface area (Å²) in [5.41, 5.74) is 0.307. The van der Waals surface area contributed by atoms with E-state index in [1.54, 1.807) is 36.4 Å². The topological polar surface area (TPSA) is 78.9 Å². The van der Waals surface area contributed by atoms with E-state index in [1.165, 1.54) is 25.3 Å². The zero-order chi connectivity index (χ0) is 19.4. The number of para-hydroxylation sites is 1. The molecule has 1 unspecified atom stereocenters. The minimum atomic E-state index is -4.04. The first-order valence-corrected chi connectivity index (χ1v) is 12.8. The van der Waals surface area contributed by atoms with Gasteiger partial charge in [0.25, 0.3) is 0 Å². The first-order chi connectivity index (χ1) is 12.1. The van der Waals surface area contributed by atoms with Crippen molar-refractivity contribution >= 4 is 24.4 Å². The van der Waals surface area contributed by atoms with Crippen molar-refractivity contribution < 1.29 is 26.6 Å². The van der Waals surface area contributed by atoms with Crippen LogP contribution < -0.4 is 4.18 Å². The molecule has 0 bridgehead atoms. The summed E-state index contributed by atoms with van der Waals surface area (Å²) in [6, 6.07) is 14.2. The van der Waals surface area contributed by atoms with E-state index in [0.29, 0.717) is 5.56 Å². The van der Waals surface area contributed by atoms with Crippen molar-refractivity contribution in [1.29, 1.82) is 0 Å². The van der Waals surface area contributed by atoms with Crippen LogP contribution in [0.4, 0.5) is 0 Å². The minimum absolute atomic E-state index is 0.0236. The van der Waals surface area contributed by atoms with Crippen LogP contribution in [0.25, 0.3) is 0 Å². The quantitative estimate of drug-likeness (QED) is 0.406. The molecule has 0 saturated carbocycles. The molecule has 0 N–H and O–H groups in total. The maximum Gasteiger partial charge on any atom is 0.339 e. The Morgan fingerprint density at radius 1 is 0.962 bits per heavy atom. The molecular weight excluding hydrogens is 372 g/mol. The van der Waals surface area contributed by atoms with Crippen molar-refractivity contribution in [2.75, 3.05) is 7.11 Å². The van der Waals surface area contributed by atoms with Gasteiger partial charge in [-0.3, -0.25) is 0 Å². The van der Waals surface area contributed by atoms with Gasteiger partial charge in [0, 0.05) is 5.56 Å². The largest absolute Gasteiger partial charge is 0.467 e. The van der Waals surface area contributed by atoms with Gasteiger partial charge in [-0.1, -0.05) is 36.4 Å². The van der Waals surface area contributed by atoms with Crippen molar-refractivity contribution in [3.8, 4) is 5.75 Å². The lowest BCUT2D eigenvalue weighted by molar-refractivity contribution is -0.149. The molecule has 2 rings (SSSR count). The van der Waals surface area contributed by atoms with Crippen molar-refractivity contribution in [3.63, 3.8) is 0 Å². The number of methoxy groups -OCH3 is 1. The second kappa shape index (κ2) is 8.03. The van der Waals surface area contributed by atoms with Crippen LogP contribution in [0.5, 0.6) is 5.75 Å². The Balaban J connectivity index is 2.44. The third-order valence-electron chi connectivity index (χ3n) is 3.32. The summed E-state index contributed by atoms with van der Waals surface area (Å²) in [6.07, 6.45) is -1.06. The summed E-state index contributed by atoms with van der Waals surface area (Å²) >= 11 is 0. The highest BCUT2D eigenvalue weighted by atomic mass is 32.2. The van der Waals surface area contributed by atoms with Gasteiger partial charge in [0.2, 0.25) is 0 Å². The standard InChI is InChI=1S/C18H22O6SSi/c1-22-18(19)17(24-26(2,3)4)15-12-8-9-13-16(15)23-25(20,21)14-10-6-5-7-11-14/h5-13,17H,1-4H3.